The van der Waals surface area contributed by atoms with Gasteiger partial charge in [-0.3, -0.25) is 14.5 Å². The van der Waals surface area contributed by atoms with Gasteiger partial charge in [-0.25, -0.2) is 13.2 Å². The first-order valence-corrected chi connectivity index (χ1v) is 11.8. The molecule has 0 aliphatic carbocycles. The van der Waals surface area contributed by atoms with Gasteiger partial charge in [0.15, 0.2) is 11.6 Å². The zero-order chi connectivity index (χ0) is 24.7. The van der Waals surface area contributed by atoms with Crippen LogP contribution in [0.25, 0.3) is 0 Å². The Balaban J connectivity index is 1.50. The topological polar surface area (TPSA) is 82.7 Å². The summed E-state index contributed by atoms with van der Waals surface area (Å²) in [5.74, 6) is -5.08. The van der Waals surface area contributed by atoms with E-state index in [1.807, 2.05) is 0 Å². The van der Waals surface area contributed by atoms with E-state index in [-0.39, 0.29) is 28.4 Å². The van der Waals surface area contributed by atoms with E-state index in [0.717, 1.165) is 25.2 Å². The third-order valence-electron chi connectivity index (χ3n) is 7.09. The highest BCUT2D eigenvalue weighted by Crippen LogP contribution is 2.52. The maximum absolute atomic E-state index is 15.3. The van der Waals surface area contributed by atoms with Crippen molar-refractivity contribution in [1.29, 1.82) is 0 Å². The van der Waals surface area contributed by atoms with Gasteiger partial charge in [0.2, 0.25) is 11.8 Å². The van der Waals surface area contributed by atoms with Crippen molar-refractivity contribution in [3.05, 3.63) is 63.9 Å². The number of fused-ring (bicyclic) bond motifs is 2. The Morgan fingerprint density at radius 2 is 1.94 bits per heavy atom. The van der Waals surface area contributed by atoms with Gasteiger partial charge >= 0.3 is 0 Å². The van der Waals surface area contributed by atoms with E-state index in [1.165, 1.54) is 18.2 Å². The second-order valence-corrected chi connectivity index (χ2v) is 9.37. The molecule has 0 radical (unpaired) electrons. The van der Waals surface area contributed by atoms with E-state index >= 15 is 4.39 Å². The summed E-state index contributed by atoms with van der Waals surface area (Å²) in [6.07, 6.45) is 0. The number of hydrogen-bond donors (Lipinski definition) is 3. The smallest absolute Gasteiger partial charge is 0.237 e. The Kier molecular flexibility index (Phi) is 6.47. The van der Waals surface area contributed by atoms with Gasteiger partial charge in [0.1, 0.15) is 5.82 Å². The molecule has 2 aromatic carbocycles. The van der Waals surface area contributed by atoms with Crippen LogP contribution in [-0.4, -0.2) is 68.7 Å². The molecule has 2 amide bonds. The molecule has 2 saturated heterocycles. The van der Waals surface area contributed by atoms with Gasteiger partial charge in [-0.05, 0) is 23.3 Å². The molecule has 2 aromatic rings. The lowest BCUT2D eigenvalue weighted by Crippen LogP contribution is -2.48. The van der Waals surface area contributed by atoms with Crippen LogP contribution < -0.4 is 16.0 Å². The number of ether oxygens (including phenoxy) is 1. The predicted octanol–water partition coefficient (Wildman–Crippen LogP) is 2.15. The number of rotatable bonds is 5. The normalized spacial score (nSPS) is 26.1. The fourth-order valence-electron chi connectivity index (χ4n) is 5.36. The zero-order valence-corrected chi connectivity index (χ0v) is 19.4. The van der Waals surface area contributed by atoms with Gasteiger partial charge in [0, 0.05) is 50.4 Å². The van der Waals surface area contributed by atoms with Crippen LogP contribution in [-0.2, 0) is 19.7 Å². The van der Waals surface area contributed by atoms with Crippen molar-refractivity contribution in [3.8, 4) is 0 Å². The van der Waals surface area contributed by atoms with Crippen molar-refractivity contribution >= 4 is 29.1 Å². The van der Waals surface area contributed by atoms with Gasteiger partial charge in [-0.15, -0.1) is 0 Å². The maximum atomic E-state index is 15.3. The summed E-state index contributed by atoms with van der Waals surface area (Å²) in [4.78, 5) is 28.8. The molecule has 3 heterocycles. The maximum Gasteiger partial charge on any atom is 0.237 e. The van der Waals surface area contributed by atoms with Gasteiger partial charge in [-0.2, -0.15) is 0 Å². The summed E-state index contributed by atoms with van der Waals surface area (Å²) in [5.41, 5.74) is -1.23. The Labute approximate surface area is 204 Å². The van der Waals surface area contributed by atoms with Crippen LogP contribution in [0.2, 0.25) is 5.02 Å². The van der Waals surface area contributed by atoms with Crippen LogP contribution in [0.3, 0.4) is 0 Å². The Hall–Kier alpha value is -2.66. The number of morpholine rings is 1. The second-order valence-electron chi connectivity index (χ2n) is 8.96. The first-order valence-electron chi connectivity index (χ1n) is 11.4. The van der Waals surface area contributed by atoms with Crippen molar-refractivity contribution in [1.82, 2.24) is 15.5 Å². The van der Waals surface area contributed by atoms with Crippen molar-refractivity contribution in [2.75, 3.05) is 51.3 Å². The number of carbonyl (C=O) groups is 2. The molecule has 0 aromatic heterocycles. The van der Waals surface area contributed by atoms with E-state index in [4.69, 9.17) is 16.3 Å². The molecule has 7 nitrogen and oxygen atoms in total. The van der Waals surface area contributed by atoms with Crippen LogP contribution in [0.1, 0.15) is 17.0 Å². The van der Waals surface area contributed by atoms with Gasteiger partial charge in [0.25, 0.3) is 0 Å². The number of nitrogens with one attached hydrogen (secondary N) is 3. The number of amides is 2. The molecule has 3 aliphatic rings. The van der Waals surface area contributed by atoms with Crippen LogP contribution >= 0.6 is 11.6 Å². The fourth-order valence-corrected chi connectivity index (χ4v) is 5.55. The van der Waals surface area contributed by atoms with E-state index in [1.54, 1.807) is 0 Å². The number of anilines is 1. The summed E-state index contributed by atoms with van der Waals surface area (Å²) in [6.45, 7) is 3.65. The number of hydrogen-bond acceptors (Lipinski definition) is 5. The zero-order valence-electron chi connectivity index (χ0n) is 18.7. The molecule has 11 heteroatoms. The summed E-state index contributed by atoms with van der Waals surface area (Å²) in [6, 6.07) is 5.18. The van der Waals surface area contributed by atoms with Crippen LogP contribution in [0, 0.1) is 17.5 Å². The number of nitrogens with zero attached hydrogens (tertiary/aromatic N) is 1. The minimum atomic E-state index is -1.54. The average molecular weight is 509 g/mol. The molecule has 0 saturated carbocycles. The number of halogens is 4. The monoisotopic (exact) mass is 508 g/mol. The summed E-state index contributed by atoms with van der Waals surface area (Å²) in [7, 11) is 0. The summed E-state index contributed by atoms with van der Waals surface area (Å²) < 4.78 is 48.8. The van der Waals surface area contributed by atoms with E-state index in [9.17, 15) is 18.4 Å². The Bertz CT molecular complexity index is 1180. The minimum Gasteiger partial charge on any atom is -0.379 e. The van der Waals surface area contributed by atoms with Crippen molar-refractivity contribution in [2.45, 2.75) is 17.4 Å². The molecule has 5 rings (SSSR count). The Morgan fingerprint density at radius 3 is 2.71 bits per heavy atom. The third-order valence-corrected chi connectivity index (χ3v) is 7.38. The van der Waals surface area contributed by atoms with E-state index in [0.29, 0.717) is 26.3 Å². The lowest BCUT2D eigenvalue weighted by atomic mass is 9.68. The summed E-state index contributed by atoms with van der Waals surface area (Å²) in [5, 5.41) is 8.33. The van der Waals surface area contributed by atoms with Crippen LogP contribution in [0.4, 0.5) is 18.9 Å². The fraction of sp³-hybridized carbons (Fsp3) is 0.417. The number of benzene rings is 2. The minimum absolute atomic E-state index is 0.0450. The largest absolute Gasteiger partial charge is 0.379 e. The molecule has 186 valence electrons. The molecule has 1 spiro atoms. The summed E-state index contributed by atoms with van der Waals surface area (Å²) >= 11 is 6.05. The lowest BCUT2D eigenvalue weighted by molar-refractivity contribution is -0.123. The van der Waals surface area contributed by atoms with Gasteiger partial charge < -0.3 is 20.7 Å². The van der Waals surface area contributed by atoms with E-state index < -0.39 is 46.6 Å². The third kappa shape index (κ3) is 4.08. The number of carbonyl (C=O) groups excluding carboxylic acids is 2. The molecule has 2 fully saturated rings. The molecule has 0 bridgehead atoms. The highest BCUT2D eigenvalue weighted by atomic mass is 35.5. The Morgan fingerprint density at radius 1 is 1.20 bits per heavy atom. The van der Waals surface area contributed by atoms with Crippen LogP contribution in [0.15, 0.2) is 30.3 Å². The average Bonchev–Trinajstić information content (AvgIpc) is 3.36. The quantitative estimate of drug-likeness (QED) is 0.576. The van der Waals surface area contributed by atoms with Crippen molar-refractivity contribution < 1.29 is 27.5 Å². The van der Waals surface area contributed by atoms with Gasteiger partial charge in [0.05, 0.1) is 29.7 Å². The lowest BCUT2D eigenvalue weighted by Gasteiger charge is -2.32. The predicted molar refractivity (Wildman–Crippen MR) is 123 cm³/mol. The molecule has 35 heavy (non-hydrogen) atoms. The molecule has 3 aliphatic heterocycles. The molecule has 3 N–H and O–H groups in total. The van der Waals surface area contributed by atoms with Crippen LogP contribution in [0.5, 0.6) is 0 Å². The molecule has 3 atom stereocenters. The standard InChI is InChI=1S/C24H24ClF3N4O3/c25-15-3-1-2-13(20(15)28)19-21(22(33)29-4-5-32-6-8-35-9-7-32)30-12-24(19)14-10-16(26)17(27)11-18(14)31-23(24)34/h1-3,10-11,19,21,30H,4-9,12H2,(H,29,33)(H,31,34)/t19-,21+,24+/m0/s1. The van der Waals surface area contributed by atoms with Crippen molar-refractivity contribution in [3.63, 3.8) is 0 Å². The highest BCUT2D eigenvalue weighted by molar-refractivity contribution is 6.30. The SMILES string of the molecule is O=C(NCCN1CCOCC1)[C@@H]1NC[C@]2(C(=O)Nc3cc(F)c(F)cc32)[C@H]1c1cccc(Cl)c1F. The first kappa shape index (κ1) is 24.1. The molecule has 0 unspecified atom stereocenters. The molecular formula is C24H24ClF3N4O3. The second kappa shape index (κ2) is 9.42. The van der Waals surface area contributed by atoms with Gasteiger partial charge in [-0.1, -0.05) is 23.7 Å². The highest BCUT2D eigenvalue weighted by Gasteiger charge is 2.61. The van der Waals surface area contributed by atoms with Crippen molar-refractivity contribution in [2.24, 2.45) is 0 Å². The first-order chi connectivity index (χ1) is 16.8. The molecular weight excluding hydrogens is 485 g/mol. The van der Waals surface area contributed by atoms with E-state index in [2.05, 4.69) is 20.9 Å².